The standard InChI is InChI=1S/C21H28N4O3.ClH/c1-4-25(5-2)17-13-15(9-12-18(17)28-6-3)19(21(26)27)24-16-10-7-14(8-11-16)20(22)23;/h7-13,19,24H,4-6H2,1-3H3,(H3,22,23)(H,26,27);1H. The molecule has 0 fully saturated rings. The van der Waals surface area contributed by atoms with Gasteiger partial charge < -0.3 is 25.8 Å². The van der Waals surface area contributed by atoms with Crippen LogP contribution in [0, 0.1) is 5.41 Å². The van der Waals surface area contributed by atoms with E-state index in [0.29, 0.717) is 23.4 Å². The van der Waals surface area contributed by atoms with Crippen molar-refractivity contribution in [3.8, 4) is 5.75 Å². The van der Waals surface area contributed by atoms with Gasteiger partial charge in [-0.15, -0.1) is 12.4 Å². The van der Waals surface area contributed by atoms with Crippen molar-refractivity contribution in [3.63, 3.8) is 0 Å². The molecule has 0 aliphatic heterocycles. The summed E-state index contributed by atoms with van der Waals surface area (Å²) in [5, 5.41) is 20.3. The number of carboxylic acid groups (broad SMARTS) is 1. The number of anilines is 2. The summed E-state index contributed by atoms with van der Waals surface area (Å²) in [6.45, 7) is 8.14. The second-order valence-electron chi connectivity index (χ2n) is 6.24. The number of nitrogen functional groups attached to an aromatic ring is 1. The van der Waals surface area contributed by atoms with Gasteiger partial charge in [0.1, 0.15) is 11.6 Å². The number of ether oxygens (including phenoxy) is 1. The van der Waals surface area contributed by atoms with Crippen LogP contribution in [-0.4, -0.2) is 36.6 Å². The van der Waals surface area contributed by atoms with Gasteiger partial charge in [0.15, 0.2) is 6.04 Å². The first kappa shape index (κ1) is 24.1. The van der Waals surface area contributed by atoms with E-state index in [1.165, 1.54) is 0 Å². The predicted octanol–water partition coefficient (Wildman–Crippen LogP) is 3.88. The van der Waals surface area contributed by atoms with Crippen LogP contribution in [0.15, 0.2) is 42.5 Å². The Morgan fingerprint density at radius 1 is 1.17 bits per heavy atom. The fourth-order valence-corrected chi connectivity index (χ4v) is 3.00. The SMILES string of the molecule is CCOc1ccc(C(Nc2ccc(C(=N)N)cc2)C(=O)O)cc1N(CC)CC.Cl. The number of halogens is 1. The highest BCUT2D eigenvalue weighted by atomic mass is 35.5. The van der Waals surface area contributed by atoms with Gasteiger partial charge >= 0.3 is 5.97 Å². The van der Waals surface area contributed by atoms with E-state index in [0.717, 1.165) is 24.5 Å². The molecule has 1 atom stereocenters. The Labute approximate surface area is 177 Å². The lowest BCUT2D eigenvalue weighted by molar-refractivity contribution is -0.138. The minimum Gasteiger partial charge on any atom is -0.492 e. The van der Waals surface area contributed by atoms with Crippen molar-refractivity contribution < 1.29 is 14.6 Å². The largest absolute Gasteiger partial charge is 0.492 e. The third-order valence-corrected chi connectivity index (χ3v) is 4.47. The van der Waals surface area contributed by atoms with E-state index in [1.54, 1.807) is 30.3 Å². The number of nitrogens with one attached hydrogen (secondary N) is 2. The predicted molar refractivity (Wildman–Crippen MR) is 120 cm³/mol. The van der Waals surface area contributed by atoms with Crippen molar-refractivity contribution in [2.24, 2.45) is 5.73 Å². The minimum atomic E-state index is -0.981. The molecule has 2 aromatic carbocycles. The number of nitrogens with zero attached hydrogens (tertiary/aromatic N) is 1. The van der Waals surface area contributed by atoms with Crippen molar-refractivity contribution in [1.29, 1.82) is 5.41 Å². The lowest BCUT2D eigenvalue weighted by Gasteiger charge is -2.26. The number of benzene rings is 2. The van der Waals surface area contributed by atoms with Crippen molar-refractivity contribution in [1.82, 2.24) is 0 Å². The summed E-state index contributed by atoms with van der Waals surface area (Å²) in [7, 11) is 0. The lowest BCUT2D eigenvalue weighted by atomic mass is 10.0. The Morgan fingerprint density at radius 2 is 1.79 bits per heavy atom. The molecule has 0 aromatic heterocycles. The molecule has 7 nitrogen and oxygen atoms in total. The molecule has 0 heterocycles. The highest BCUT2D eigenvalue weighted by molar-refractivity contribution is 5.95. The molecule has 0 bridgehead atoms. The van der Waals surface area contributed by atoms with E-state index < -0.39 is 12.0 Å². The molecule has 2 rings (SSSR count). The van der Waals surface area contributed by atoms with Gasteiger partial charge in [0.2, 0.25) is 0 Å². The Morgan fingerprint density at radius 3 is 2.28 bits per heavy atom. The highest BCUT2D eigenvalue weighted by Gasteiger charge is 2.22. The van der Waals surface area contributed by atoms with Gasteiger partial charge in [-0.3, -0.25) is 5.41 Å². The van der Waals surface area contributed by atoms with Gasteiger partial charge in [0.25, 0.3) is 0 Å². The van der Waals surface area contributed by atoms with Crippen LogP contribution in [-0.2, 0) is 4.79 Å². The van der Waals surface area contributed by atoms with Gasteiger partial charge in [0.05, 0.1) is 12.3 Å². The van der Waals surface area contributed by atoms with Gasteiger partial charge in [-0.1, -0.05) is 6.07 Å². The number of amidine groups is 1. The molecule has 2 aromatic rings. The van der Waals surface area contributed by atoms with E-state index in [9.17, 15) is 9.90 Å². The molecule has 0 saturated heterocycles. The zero-order valence-electron chi connectivity index (χ0n) is 16.9. The van der Waals surface area contributed by atoms with Gasteiger partial charge in [0, 0.05) is 24.3 Å². The molecule has 0 radical (unpaired) electrons. The topological polar surface area (TPSA) is 112 Å². The van der Waals surface area contributed by atoms with Crippen LogP contribution < -0.4 is 20.7 Å². The van der Waals surface area contributed by atoms with Crippen molar-refractivity contribution >= 4 is 35.6 Å². The van der Waals surface area contributed by atoms with Gasteiger partial charge in [-0.25, -0.2) is 4.79 Å². The highest BCUT2D eigenvalue weighted by Crippen LogP contribution is 2.33. The average molecular weight is 421 g/mol. The Kier molecular flexibility index (Phi) is 9.28. The number of carbonyl (C=O) groups is 1. The Bertz CT molecular complexity index is 823. The Hall–Kier alpha value is -2.93. The number of nitrogens with two attached hydrogens (primary N) is 1. The monoisotopic (exact) mass is 420 g/mol. The third-order valence-electron chi connectivity index (χ3n) is 4.47. The van der Waals surface area contributed by atoms with Crippen LogP contribution in [0.2, 0.25) is 0 Å². The molecule has 0 amide bonds. The summed E-state index contributed by atoms with van der Waals surface area (Å²) in [6, 6.07) is 11.3. The van der Waals surface area contributed by atoms with Crippen LogP contribution in [0.3, 0.4) is 0 Å². The summed E-state index contributed by atoms with van der Waals surface area (Å²) >= 11 is 0. The molecular formula is C21H29ClN4O3. The number of hydrogen-bond donors (Lipinski definition) is 4. The number of hydrogen-bond acceptors (Lipinski definition) is 5. The molecule has 8 heteroatoms. The first-order valence-electron chi connectivity index (χ1n) is 9.36. The van der Waals surface area contributed by atoms with E-state index in [1.807, 2.05) is 19.1 Å². The van der Waals surface area contributed by atoms with Crippen LogP contribution in [0.5, 0.6) is 5.75 Å². The van der Waals surface area contributed by atoms with Crippen LogP contribution >= 0.6 is 12.4 Å². The van der Waals surface area contributed by atoms with Crippen LogP contribution in [0.1, 0.15) is 37.9 Å². The van der Waals surface area contributed by atoms with E-state index in [-0.39, 0.29) is 18.2 Å². The normalized spacial score (nSPS) is 11.1. The molecule has 0 aliphatic carbocycles. The van der Waals surface area contributed by atoms with Gasteiger partial charge in [-0.2, -0.15) is 0 Å². The zero-order chi connectivity index (χ0) is 20.7. The van der Waals surface area contributed by atoms with E-state index >= 15 is 0 Å². The number of carboxylic acids is 1. The average Bonchev–Trinajstić information content (AvgIpc) is 2.68. The molecule has 0 aliphatic rings. The summed E-state index contributed by atoms with van der Waals surface area (Å²) in [6.07, 6.45) is 0. The fourth-order valence-electron chi connectivity index (χ4n) is 3.00. The van der Waals surface area contributed by atoms with Crippen molar-refractivity contribution in [2.75, 3.05) is 29.9 Å². The first-order chi connectivity index (χ1) is 13.4. The van der Waals surface area contributed by atoms with Crippen LogP contribution in [0.25, 0.3) is 0 Å². The summed E-state index contributed by atoms with van der Waals surface area (Å²) < 4.78 is 5.73. The zero-order valence-corrected chi connectivity index (χ0v) is 17.8. The van der Waals surface area contributed by atoms with E-state index in [2.05, 4.69) is 24.1 Å². The fraction of sp³-hybridized carbons (Fsp3) is 0.333. The van der Waals surface area contributed by atoms with Gasteiger partial charge in [-0.05, 0) is 62.7 Å². The molecule has 0 saturated carbocycles. The summed E-state index contributed by atoms with van der Waals surface area (Å²) in [5.74, 6) is -0.271. The second-order valence-corrected chi connectivity index (χ2v) is 6.24. The molecule has 0 spiro atoms. The van der Waals surface area contributed by atoms with Crippen LogP contribution in [0.4, 0.5) is 11.4 Å². The molecule has 29 heavy (non-hydrogen) atoms. The maximum atomic E-state index is 11.9. The maximum Gasteiger partial charge on any atom is 0.330 e. The maximum absolute atomic E-state index is 11.9. The molecular weight excluding hydrogens is 392 g/mol. The number of aliphatic carboxylic acids is 1. The minimum absolute atomic E-state index is 0. The first-order valence-corrected chi connectivity index (χ1v) is 9.36. The summed E-state index contributed by atoms with van der Waals surface area (Å²) in [4.78, 5) is 14.1. The third kappa shape index (κ3) is 6.02. The summed E-state index contributed by atoms with van der Waals surface area (Å²) in [5.41, 5.74) is 8.20. The second kappa shape index (κ2) is 11.2. The van der Waals surface area contributed by atoms with Crippen molar-refractivity contribution in [2.45, 2.75) is 26.8 Å². The smallest absolute Gasteiger partial charge is 0.330 e. The molecule has 158 valence electrons. The Balaban J connectivity index is 0.00000420. The molecule has 5 N–H and O–H groups in total. The van der Waals surface area contributed by atoms with Crippen molar-refractivity contribution in [3.05, 3.63) is 53.6 Å². The lowest BCUT2D eigenvalue weighted by Crippen LogP contribution is -2.24. The molecule has 1 unspecified atom stereocenters. The van der Waals surface area contributed by atoms with E-state index in [4.69, 9.17) is 15.9 Å². The number of rotatable bonds is 10. The quantitative estimate of drug-likeness (QED) is 0.343.